The first-order valence-electron chi connectivity index (χ1n) is 9.10. The molecule has 0 aliphatic rings. The highest BCUT2D eigenvalue weighted by molar-refractivity contribution is 14.0. The lowest BCUT2D eigenvalue weighted by Crippen LogP contribution is -2.39. The van der Waals surface area contributed by atoms with Crippen LogP contribution in [-0.2, 0) is 4.79 Å². The fourth-order valence-electron chi connectivity index (χ4n) is 2.41. The molecule has 0 spiro atoms. The summed E-state index contributed by atoms with van der Waals surface area (Å²) in [5, 5.41) is 6.44. The Kier molecular flexibility index (Phi) is 13.8. The molecule has 0 aliphatic heterocycles. The molecule has 0 atom stereocenters. The van der Waals surface area contributed by atoms with Crippen molar-refractivity contribution in [1.29, 1.82) is 0 Å². The van der Waals surface area contributed by atoms with E-state index < -0.39 is 0 Å². The summed E-state index contributed by atoms with van der Waals surface area (Å²) < 4.78 is 0. The maximum Gasteiger partial charge on any atom is 0.223 e. The van der Waals surface area contributed by atoms with E-state index in [1.165, 1.54) is 5.69 Å². The summed E-state index contributed by atoms with van der Waals surface area (Å²) in [6.45, 7) is 8.31. The van der Waals surface area contributed by atoms with Crippen LogP contribution in [0.3, 0.4) is 0 Å². The molecule has 0 fully saturated rings. The lowest BCUT2D eigenvalue weighted by molar-refractivity contribution is -0.128. The zero-order valence-electron chi connectivity index (χ0n) is 16.5. The first kappa shape index (κ1) is 24.5. The minimum absolute atomic E-state index is 0. The fourth-order valence-corrected chi connectivity index (χ4v) is 2.41. The summed E-state index contributed by atoms with van der Waals surface area (Å²) in [6.07, 6.45) is 1.45. The number of hydrogen-bond donors (Lipinski definition) is 2. The molecule has 7 heteroatoms. The molecule has 1 aromatic carbocycles. The van der Waals surface area contributed by atoms with Crippen molar-refractivity contribution in [3.8, 4) is 0 Å². The summed E-state index contributed by atoms with van der Waals surface area (Å²) >= 11 is 0. The molecule has 1 amide bonds. The van der Waals surface area contributed by atoms with Crippen LogP contribution in [0.15, 0.2) is 35.3 Å². The number of carbonyl (C=O) groups is 1. The van der Waals surface area contributed by atoms with Gasteiger partial charge in [0.1, 0.15) is 0 Å². The standard InChI is InChI=1S/C19H33N5O.HI/c1-5-20-19(22-15-13-18(25)23(3)4)21-14-10-16-24(6-2)17-11-8-7-9-12-17;/h7-9,11-12H,5-6,10,13-16H2,1-4H3,(H2,20,21,22);1H. The second kappa shape index (κ2) is 14.6. The Morgan fingerprint density at radius 1 is 1.12 bits per heavy atom. The van der Waals surface area contributed by atoms with Gasteiger partial charge >= 0.3 is 0 Å². The number of hydrogen-bond acceptors (Lipinski definition) is 3. The second-order valence-corrected chi connectivity index (χ2v) is 5.99. The van der Waals surface area contributed by atoms with Gasteiger partial charge in [-0.15, -0.1) is 24.0 Å². The number of halogens is 1. The lowest BCUT2D eigenvalue weighted by Gasteiger charge is -2.22. The monoisotopic (exact) mass is 475 g/mol. The van der Waals surface area contributed by atoms with Crippen molar-refractivity contribution in [1.82, 2.24) is 15.5 Å². The predicted octanol–water partition coefficient (Wildman–Crippen LogP) is 2.55. The van der Waals surface area contributed by atoms with Crippen LogP contribution in [0.4, 0.5) is 5.69 Å². The van der Waals surface area contributed by atoms with Crippen molar-refractivity contribution >= 4 is 41.5 Å². The highest BCUT2D eigenvalue weighted by atomic mass is 127. The molecular formula is C19H34IN5O. The Morgan fingerprint density at radius 3 is 2.38 bits per heavy atom. The van der Waals surface area contributed by atoms with Gasteiger partial charge in [0.25, 0.3) is 0 Å². The van der Waals surface area contributed by atoms with Gasteiger partial charge in [-0.3, -0.25) is 9.79 Å². The maximum absolute atomic E-state index is 11.6. The van der Waals surface area contributed by atoms with Gasteiger partial charge in [0.15, 0.2) is 5.96 Å². The highest BCUT2D eigenvalue weighted by Crippen LogP contribution is 2.12. The molecule has 2 N–H and O–H groups in total. The van der Waals surface area contributed by atoms with Crippen LogP contribution < -0.4 is 15.5 Å². The Bertz CT molecular complexity index is 522. The van der Waals surface area contributed by atoms with Gasteiger partial charge in [0.2, 0.25) is 5.91 Å². The lowest BCUT2D eigenvalue weighted by atomic mass is 10.2. The number of benzene rings is 1. The number of para-hydroxylation sites is 1. The van der Waals surface area contributed by atoms with Crippen molar-refractivity contribution in [2.75, 3.05) is 51.7 Å². The van der Waals surface area contributed by atoms with Crippen LogP contribution in [0.1, 0.15) is 26.7 Å². The maximum atomic E-state index is 11.6. The SMILES string of the molecule is CCNC(=NCCCN(CC)c1ccccc1)NCCC(=O)N(C)C.I. The third-order valence-corrected chi connectivity index (χ3v) is 3.83. The van der Waals surface area contributed by atoms with Crippen molar-refractivity contribution in [2.45, 2.75) is 26.7 Å². The molecule has 0 unspecified atom stereocenters. The third kappa shape index (κ3) is 9.84. The molecule has 0 heterocycles. The quantitative estimate of drug-likeness (QED) is 0.237. The number of amides is 1. The smallest absolute Gasteiger partial charge is 0.223 e. The van der Waals surface area contributed by atoms with Crippen LogP contribution in [0.25, 0.3) is 0 Å². The van der Waals surface area contributed by atoms with Crippen LogP contribution in [0.2, 0.25) is 0 Å². The van der Waals surface area contributed by atoms with Crippen LogP contribution in [0.5, 0.6) is 0 Å². The molecule has 1 rings (SSSR count). The fraction of sp³-hybridized carbons (Fsp3) is 0.579. The largest absolute Gasteiger partial charge is 0.372 e. The number of carbonyl (C=O) groups excluding carboxylic acids is 1. The van der Waals surface area contributed by atoms with Gasteiger partial charge in [0, 0.05) is 58.9 Å². The van der Waals surface area contributed by atoms with E-state index in [9.17, 15) is 4.79 Å². The van der Waals surface area contributed by atoms with Gasteiger partial charge in [0.05, 0.1) is 0 Å². The average molecular weight is 475 g/mol. The first-order chi connectivity index (χ1) is 12.1. The number of guanidine groups is 1. The molecule has 26 heavy (non-hydrogen) atoms. The van der Waals surface area contributed by atoms with Crippen LogP contribution in [0, 0.1) is 0 Å². The number of nitrogens with one attached hydrogen (secondary N) is 2. The van der Waals surface area contributed by atoms with E-state index in [-0.39, 0.29) is 29.9 Å². The summed E-state index contributed by atoms with van der Waals surface area (Å²) in [5.41, 5.74) is 1.25. The summed E-state index contributed by atoms with van der Waals surface area (Å²) in [5.74, 6) is 0.890. The van der Waals surface area contributed by atoms with Gasteiger partial charge < -0.3 is 20.4 Å². The summed E-state index contributed by atoms with van der Waals surface area (Å²) in [4.78, 5) is 20.2. The van der Waals surface area contributed by atoms with E-state index in [0.717, 1.165) is 38.6 Å². The van der Waals surface area contributed by atoms with E-state index in [2.05, 4.69) is 51.7 Å². The van der Waals surface area contributed by atoms with Gasteiger partial charge in [-0.05, 0) is 32.4 Å². The Balaban J connectivity index is 0.00000625. The molecule has 6 nitrogen and oxygen atoms in total. The summed E-state index contributed by atoms with van der Waals surface area (Å²) in [6, 6.07) is 10.5. The normalized spacial score (nSPS) is 10.7. The molecule has 0 radical (unpaired) electrons. The number of rotatable bonds is 10. The molecule has 0 aliphatic carbocycles. The average Bonchev–Trinajstić information content (AvgIpc) is 2.62. The molecule has 0 bridgehead atoms. The Labute approximate surface area is 175 Å². The number of aliphatic imine (C=N–C) groups is 1. The van der Waals surface area contributed by atoms with E-state index in [1.807, 2.05) is 13.0 Å². The van der Waals surface area contributed by atoms with Crippen molar-refractivity contribution < 1.29 is 4.79 Å². The van der Waals surface area contributed by atoms with E-state index in [4.69, 9.17) is 0 Å². The van der Waals surface area contributed by atoms with E-state index in [0.29, 0.717) is 13.0 Å². The predicted molar refractivity (Wildman–Crippen MR) is 122 cm³/mol. The molecular weight excluding hydrogens is 441 g/mol. The van der Waals surface area contributed by atoms with Gasteiger partial charge in [-0.25, -0.2) is 0 Å². The molecule has 148 valence electrons. The van der Waals surface area contributed by atoms with Crippen molar-refractivity contribution in [2.24, 2.45) is 4.99 Å². The van der Waals surface area contributed by atoms with Crippen molar-refractivity contribution in [3.63, 3.8) is 0 Å². The number of nitrogens with zero attached hydrogens (tertiary/aromatic N) is 3. The van der Waals surface area contributed by atoms with Crippen molar-refractivity contribution in [3.05, 3.63) is 30.3 Å². The summed E-state index contributed by atoms with van der Waals surface area (Å²) in [7, 11) is 3.54. The topological polar surface area (TPSA) is 60.0 Å². The zero-order valence-corrected chi connectivity index (χ0v) is 18.8. The van der Waals surface area contributed by atoms with E-state index >= 15 is 0 Å². The zero-order chi connectivity index (χ0) is 18.5. The molecule has 0 saturated carbocycles. The van der Waals surface area contributed by atoms with Crippen LogP contribution >= 0.6 is 24.0 Å². The van der Waals surface area contributed by atoms with Gasteiger partial charge in [-0.2, -0.15) is 0 Å². The van der Waals surface area contributed by atoms with Gasteiger partial charge in [-0.1, -0.05) is 18.2 Å². The molecule has 1 aromatic rings. The minimum atomic E-state index is 0. The Morgan fingerprint density at radius 2 is 1.81 bits per heavy atom. The molecule has 0 saturated heterocycles. The highest BCUT2D eigenvalue weighted by Gasteiger charge is 2.05. The second-order valence-electron chi connectivity index (χ2n) is 5.99. The van der Waals surface area contributed by atoms with Crippen LogP contribution in [-0.4, -0.2) is 63.6 Å². The minimum Gasteiger partial charge on any atom is -0.372 e. The number of anilines is 1. The third-order valence-electron chi connectivity index (χ3n) is 3.83. The van der Waals surface area contributed by atoms with E-state index in [1.54, 1.807) is 19.0 Å². The first-order valence-corrected chi connectivity index (χ1v) is 9.10. The Hall–Kier alpha value is -1.51. The molecule has 0 aromatic heterocycles.